The summed E-state index contributed by atoms with van der Waals surface area (Å²) in [5, 5.41) is 9.61. The molecule has 16 heavy (non-hydrogen) atoms. The molecule has 0 radical (unpaired) electrons. The van der Waals surface area contributed by atoms with Crippen molar-refractivity contribution in [2.45, 2.75) is 56.0 Å². The lowest BCUT2D eigenvalue weighted by Gasteiger charge is -2.21. The standard InChI is InChI=1S/C11H20N4S/c1-11(2,8-12)16-10-14-13-9-6-4-3-5-7-15(9)10/h3-8,12H2,1-2H3. The molecule has 1 aromatic rings. The number of nitrogens with zero attached hydrogens (tertiary/aromatic N) is 3. The lowest BCUT2D eigenvalue weighted by Crippen LogP contribution is -2.27. The zero-order valence-corrected chi connectivity index (χ0v) is 10.9. The third kappa shape index (κ3) is 2.58. The third-order valence-electron chi connectivity index (χ3n) is 2.93. The lowest BCUT2D eigenvalue weighted by atomic mass is 10.2. The molecular weight excluding hydrogens is 220 g/mol. The second-order valence-corrected chi connectivity index (χ2v) is 6.60. The average molecular weight is 240 g/mol. The summed E-state index contributed by atoms with van der Waals surface area (Å²) < 4.78 is 2.31. The van der Waals surface area contributed by atoms with E-state index in [9.17, 15) is 0 Å². The largest absolute Gasteiger partial charge is 0.329 e. The molecule has 90 valence electrons. The Morgan fingerprint density at radius 3 is 2.88 bits per heavy atom. The molecule has 4 nitrogen and oxygen atoms in total. The van der Waals surface area contributed by atoms with Gasteiger partial charge in [0.05, 0.1) is 0 Å². The third-order valence-corrected chi connectivity index (χ3v) is 4.14. The van der Waals surface area contributed by atoms with E-state index in [0.29, 0.717) is 6.54 Å². The van der Waals surface area contributed by atoms with Crippen molar-refractivity contribution < 1.29 is 0 Å². The number of aryl methyl sites for hydroxylation is 1. The summed E-state index contributed by atoms with van der Waals surface area (Å²) in [6.45, 7) is 6.01. The van der Waals surface area contributed by atoms with Crippen LogP contribution < -0.4 is 5.73 Å². The number of nitrogens with two attached hydrogens (primary N) is 1. The first kappa shape index (κ1) is 11.9. The highest BCUT2D eigenvalue weighted by Crippen LogP contribution is 2.31. The Bertz CT molecular complexity index is 359. The molecule has 0 bridgehead atoms. The second kappa shape index (κ2) is 4.75. The first-order valence-electron chi connectivity index (χ1n) is 5.93. The van der Waals surface area contributed by atoms with Crippen LogP contribution in [-0.2, 0) is 13.0 Å². The van der Waals surface area contributed by atoms with Crippen LogP contribution >= 0.6 is 11.8 Å². The number of hydrogen-bond acceptors (Lipinski definition) is 4. The van der Waals surface area contributed by atoms with E-state index < -0.39 is 0 Å². The summed E-state index contributed by atoms with van der Waals surface area (Å²) in [6.07, 6.45) is 4.84. The predicted octanol–water partition coefficient (Wildman–Crippen LogP) is 1.83. The number of aromatic nitrogens is 3. The molecule has 0 saturated carbocycles. The van der Waals surface area contributed by atoms with Crippen molar-refractivity contribution in [1.82, 2.24) is 14.8 Å². The van der Waals surface area contributed by atoms with E-state index in [-0.39, 0.29) is 4.75 Å². The Balaban J connectivity index is 2.19. The molecule has 2 rings (SSSR count). The molecule has 0 fully saturated rings. The molecule has 0 saturated heterocycles. The molecular formula is C11H20N4S. The fourth-order valence-corrected chi connectivity index (χ4v) is 2.79. The van der Waals surface area contributed by atoms with Gasteiger partial charge in [0.1, 0.15) is 5.82 Å². The molecule has 0 unspecified atom stereocenters. The Labute approximate surface area is 101 Å². The summed E-state index contributed by atoms with van der Waals surface area (Å²) in [4.78, 5) is 0. The maximum atomic E-state index is 5.75. The first-order chi connectivity index (χ1) is 7.62. The fraction of sp³-hybridized carbons (Fsp3) is 0.818. The summed E-state index contributed by atoms with van der Waals surface area (Å²) in [5.41, 5.74) is 5.75. The first-order valence-corrected chi connectivity index (χ1v) is 6.75. The Kier molecular flexibility index (Phi) is 3.54. The van der Waals surface area contributed by atoms with Gasteiger partial charge in [-0.15, -0.1) is 10.2 Å². The molecule has 1 aliphatic rings. The maximum absolute atomic E-state index is 5.75. The van der Waals surface area contributed by atoms with Gasteiger partial charge in [0, 0.05) is 24.3 Å². The number of hydrogen-bond donors (Lipinski definition) is 1. The Hall–Kier alpha value is -0.550. The van der Waals surface area contributed by atoms with Crippen LogP contribution in [0, 0.1) is 0 Å². The molecule has 2 heterocycles. The number of thioether (sulfide) groups is 1. The van der Waals surface area contributed by atoms with E-state index in [4.69, 9.17) is 5.73 Å². The highest BCUT2D eigenvalue weighted by molar-refractivity contribution is 8.00. The number of fused-ring (bicyclic) bond motifs is 1. The molecule has 2 N–H and O–H groups in total. The van der Waals surface area contributed by atoms with Gasteiger partial charge in [0.15, 0.2) is 5.16 Å². The van der Waals surface area contributed by atoms with Crippen LogP contribution in [0.2, 0.25) is 0 Å². The van der Waals surface area contributed by atoms with Crippen molar-refractivity contribution in [3.05, 3.63) is 5.82 Å². The zero-order valence-electron chi connectivity index (χ0n) is 10.1. The highest BCUT2D eigenvalue weighted by Gasteiger charge is 2.23. The van der Waals surface area contributed by atoms with Crippen LogP contribution in [0.15, 0.2) is 5.16 Å². The lowest BCUT2D eigenvalue weighted by molar-refractivity contribution is 0.586. The van der Waals surface area contributed by atoms with Crippen LogP contribution in [0.5, 0.6) is 0 Å². The van der Waals surface area contributed by atoms with Crippen molar-refractivity contribution >= 4 is 11.8 Å². The van der Waals surface area contributed by atoms with Gasteiger partial charge in [0.25, 0.3) is 0 Å². The normalized spacial score (nSPS) is 16.9. The van der Waals surface area contributed by atoms with Gasteiger partial charge in [-0.25, -0.2) is 0 Å². The molecule has 0 aromatic carbocycles. The van der Waals surface area contributed by atoms with E-state index in [1.165, 1.54) is 19.3 Å². The molecule has 0 aliphatic carbocycles. The Morgan fingerprint density at radius 2 is 2.12 bits per heavy atom. The summed E-state index contributed by atoms with van der Waals surface area (Å²) >= 11 is 1.74. The van der Waals surface area contributed by atoms with Crippen molar-refractivity contribution in [2.24, 2.45) is 5.73 Å². The smallest absolute Gasteiger partial charge is 0.191 e. The summed E-state index contributed by atoms with van der Waals surface area (Å²) in [5.74, 6) is 1.15. The van der Waals surface area contributed by atoms with Gasteiger partial charge >= 0.3 is 0 Å². The van der Waals surface area contributed by atoms with Crippen molar-refractivity contribution in [2.75, 3.05) is 6.54 Å². The van der Waals surface area contributed by atoms with Crippen molar-refractivity contribution in [3.8, 4) is 0 Å². The summed E-state index contributed by atoms with van der Waals surface area (Å²) in [6, 6.07) is 0. The minimum absolute atomic E-state index is 0.0378. The van der Waals surface area contributed by atoms with Gasteiger partial charge in [0.2, 0.25) is 0 Å². The summed E-state index contributed by atoms with van der Waals surface area (Å²) in [7, 11) is 0. The van der Waals surface area contributed by atoms with Crippen molar-refractivity contribution in [3.63, 3.8) is 0 Å². The van der Waals surface area contributed by atoms with Crippen LogP contribution in [0.1, 0.15) is 38.9 Å². The topological polar surface area (TPSA) is 56.7 Å². The van der Waals surface area contributed by atoms with Gasteiger partial charge in [-0.05, 0) is 26.7 Å². The van der Waals surface area contributed by atoms with E-state index in [0.717, 1.165) is 23.9 Å². The quantitative estimate of drug-likeness (QED) is 0.819. The minimum Gasteiger partial charge on any atom is -0.329 e. The van der Waals surface area contributed by atoms with Gasteiger partial charge in [-0.3, -0.25) is 0 Å². The second-order valence-electron chi connectivity index (χ2n) is 4.93. The fourth-order valence-electron chi connectivity index (χ4n) is 1.82. The van der Waals surface area contributed by atoms with Gasteiger partial charge in [-0.1, -0.05) is 18.2 Å². The van der Waals surface area contributed by atoms with E-state index in [1.54, 1.807) is 11.8 Å². The van der Waals surface area contributed by atoms with Gasteiger partial charge in [-0.2, -0.15) is 0 Å². The number of rotatable bonds is 3. The van der Waals surface area contributed by atoms with Crippen LogP contribution in [0.25, 0.3) is 0 Å². The van der Waals surface area contributed by atoms with Crippen LogP contribution in [-0.4, -0.2) is 26.1 Å². The molecule has 0 amide bonds. The Morgan fingerprint density at radius 1 is 1.31 bits per heavy atom. The molecule has 1 aliphatic heterocycles. The van der Waals surface area contributed by atoms with E-state index in [1.807, 2.05) is 0 Å². The predicted molar refractivity (Wildman–Crippen MR) is 66.6 cm³/mol. The van der Waals surface area contributed by atoms with Gasteiger partial charge < -0.3 is 10.3 Å². The highest BCUT2D eigenvalue weighted by atomic mass is 32.2. The SMILES string of the molecule is CC(C)(CN)Sc1nnc2n1CCCCC2. The van der Waals surface area contributed by atoms with E-state index in [2.05, 4.69) is 28.6 Å². The molecule has 0 atom stereocenters. The van der Waals surface area contributed by atoms with E-state index >= 15 is 0 Å². The monoisotopic (exact) mass is 240 g/mol. The van der Waals surface area contributed by atoms with Crippen LogP contribution in [0.3, 0.4) is 0 Å². The van der Waals surface area contributed by atoms with Crippen molar-refractivity contribution in [1.29, 1.82) is 0 Å². The molecule has 0 spiro atoms. The molecule has 5 heteroatoms. The average Bonchev–Trinajstić information content (AvgIpc) is 2.50. The zero-order chi connectivity index (χ0) is 11.6. The maximum Gasteiger partial charge on any atom is 0.191 e. The van der Waals surface area contributed by atoms with Crippen LogP contribution in [0.4, 0.5) is 0 Å². The minimum atomic E-state index is 0.0378. The molecule has 1 aromatic heterocycles.